The van der Waals surface area contributed by atoms with E-state index in [1.54, 1.807) is 6.07 Å². The van der Waals surface area contributed by atoms with Crippen molar-refractivity contribution in [1.29, 1.82) is 0 Å². The van der Waals surface area contributed by atoms with Crippen LogP contribution in [-0.4, -0.2) is 4.98 Å². The van der Waals surface area contributed by atoms with Crippen LogP contribution in [0.3, 0.4) is 0 Å². The zero-order valence-corrected chi connectivity index (χ0v) is 6.02. The van der Waals surface area contributed by atoms with Crippen molar-refractivity contribution >= 4 is 0 Å². The first kappa shape index (κ1) is 4.98. The SMILES string of the molecule is [2H]c1cc(C)c(C)c(C)n1. The predicted molar refractivity (Wildman–Crippen MR) is 38.4 cm³/mol. The Labute approximate surface area is 57.2 Å². The molecule has 0 radical (unpaired) electrons. The lowest BCUT2D eigenvalue weighted by molar-refractivity contribution is 1.12. The molecule has 0 spiro atoms. The second-order valence-electron chi connectivity index (χ2n) is 2.28. The summed E-state index contributed by atoms with van der Waals surface area (Å²) in [6.45, 7) is 5.96. The van der Waals surface area contributed by atoms with Crippen molar-refractivity contribution in [3.63, 3.8) is 0 Å². The number of nitrogens with zero attached hydrogens (tertiary/aromatic N) is 1. The fraction of sp³-hybridized carbons (Fsp3) is 0.375. The lowest BCUT2D eigenvalue weighted by Gasteiger charge is -1.99. The molecule has 0 saturated heterocycles. The van der Waals surface area contributed by atoms with E-state index >= 15 is 0 Å². The molecule has 0 atom stereocenters. The molecule has 0 aromatic carbocycles. The van der Waals surface area contributed by atoms with E-state index in [1.807, 2.05) is 20.8 Å². The van der Waals surface area contributed by atoms with Crippen LogP contribution >= 0.6 is 0 Å². The molecule has 0 aliphatic heterocycles. The van der Waals surface area contributed by atoms with E-state index in [4.69, 9.17) is 1.37 Å². The third-order valence-corrected chi connectivity index (χ3v) is 1.65. The minimum Gasteiger partial charge on any atom is -0.261 e. The molecule has 1 heterocycles. The summed E-state index contributed by atoms with van der Waals surface area (Å²) < 4.78 is 7.26. The van der Waals surface area contributed by atoms with Gasteiger partial charge in [0.2, 0.25) is 0 Å². The molecule has 0 N–H and O–H groups in total. The molecule has 1 aromatic heterocycles. The highest BCUT2D eigenvalue weighted by Crippen LogP contribution is 2.06. The van der Waals surface area contributed by atoms with Crippen LogP contribution in [0, 0.1) is 20.8 Å². The minimum absolute atomic E-state index is 0.362. The maximum atomic E-state index is 7.26. The monoisotopic (exact) mass is 122 g/mol. The molecule has 0 bridgehead atoms. The number of rotatable bonds is 0. The Morgan fingerprint density at radius 2 is 2.11 bits per heavy atom. The van der Waals surface area contributed by atoms with Gasteiger partial charge in [-0.15, -0.1) is 0 Å². The van der Waals surface area contributed by atoms with E-state index in [2.05, 4.69) is 4.98 Å². The molecular formula is C8H11N. The molecule has 9 heavy (non-hydrogen) atoms. The lowest BCUT2D eigenvalue weighted by Crippen LogP contribution is -1.87. The van der Waals surface area contributed by atoms with E-state index < -0.39 is 0 Å². The van der Waals surface area contributed by atoms with E-state index in [1.165, 1.54) is 5.56 Å². The van der Waals surface area contributed by atoms with Crippen LogP contribution in [0.5, 0.6) is 0 Å². The Balaban J connectivity index is 3.31. The lowest BCUT2D eigenvalue weighted by atomic mass is 10.1. The van der Waals surface area contributed by atoms with Gasteiger partial charge in [0, 0.05) is 11.9 Å². The van der Waals surface area contributed by atoms with Crippen LogP contribution in [0.1, 0.15) is 18.2 Å². The molecule has 1 rings (SSSR count). The van der Waals surface area contributed by atoms with Crippen molar-refractivity contribution < 1.29 is 1.37 Å². The molecule has 0 amide bonds. The van der Waals surface area contributed by atoms with Crippen molar-refractivity contribution in [2.24, 2.45) is 0 Å². The second-order valence-corrected chi connectivity index (χ2v) is 2.28. The van der Waals surface area contributed by atoms with Gasteiger partial charge < -0.3 is 0 Å². The third-order valence-electron chi connectivity index (χ3n) is 1.65. The second kappa shape index (κ2) is 2.18. The molecule has 48 valence electrons. The Morgan fingerprint density at radius 1 is 1.44 bits per heavy atom. The van der Waals surface area contributed by atoms with Crippen LogP contribution < -0.4 is 0 Å². The Morgan fingerprint density at radius 3 is 2.67 bits per heavy atom. The zero-order chi connectivity index (χ0) is 7.72. The Kier molecular flexibility index (Phi) is 1.20. The van der Waals surface area contributed by atoms with Gasteiger partial charge in [0.05, 0.1) is 1.37 Å². The van der Waals surface area contributed by atoms with E-state index in [-0.39, 0.29) is 0 Å². The van der Waals surface area contributed by atoms with Crippen molar-refractivity contribution in [2.75, 3.05) is 0 Å². The summed E-state index contributed by atoms with van der Waals surface area (Å²) in [5, 5.41) is 0. The van der Waals surface area contributed by atoms with Crippen LogP contribution in [0.15, 0.2) is 12.2 Å². The molecule has 0 aliphatic rings. The quantitative estimate of drug-likeness (QED) is 0.513. The summed E-state index contributed by atoms with van der Waals surface area (Å²) in [6.07, 6.45) is 0.362. The average Bonchev–Trinajstić information content (AvgIpc) is 1.82. The first-order valence-corrected chi connectivity index (χ1v) is 3.02. The van der Waals surface area contributed by atoms with Gasteiger partial charge in [-0.1, -0.05) is 0 Å². The standard InChI is InChI=1S/C8H11N/c1-6-4-5-9-8(3)7(6)2/h4-5H,1-3H3/i5D. The molecule has 1 nitrogen and oxygen atoms in total. The van der Waals surface area contributed by atoms with Gasteiger partial charge >= 0.3 is 0 Å². The molecule has 1 heteroatoms. The summed E-state index contributed by atoms with van der Waals surface area (Å²) in [6, 6.07) is 1.78. The maximum absolute atomic E-state index is 7.26. The summed E-state index contributed by atoms with van der Waals surface area (Å²) in [7, 11) is 0. The first-order chi connectivity index (χ1) is 4.61. The van der Waals surface area contributed by atoms with E-state index in [0.717, 1.165) is 11.3 Å². The topological polar surface area (TPSA) is 12.9 Å². The number of aromatic nitrogens is 1. The van der Waals surface area contributed by atoms with Crippen molar-refractivity contribution in [3.8, 4) is 0 Å². The normalized spacial score (nSPS) is 11.2. The van der Waals surface area contributed by atoms with Crippen LogP contribution in [-0.2, 0) is 0 Å². The molecule has 0 aliphatic carbocycles. The largest absolute Gasteiger partial charge is 0.261 e. The molecule has 1 aromatic rings. The van der Waals surface area contributed by atoms with Gasteiger partial charge in [0.1, 0.15) is 0 Å². The Bertz CT molecular complexity index is 232. The number of pyridine rings is 1. The fourth-order valence-electron chi connectivity index (χ4n) is 0.703. The van der Waals surface area contributed by atoms with Crippen molar-refractivity contribution in [2.45, 2.75) is 20.8 Å². The van der Waals surface area contributed by atoms with Gasteiger partial charge in [-0.3, -0.25) is 4.98 Å². The highest BCUT2D eigenvalue weighted by Gasteiger charge is 1.93. The van der Waals surface area contributed by atoms with Crippen molar-refractivity contribution in [1.82, 2.24) is 4.98 Å². The summed E-state index contributed by atoms with van der Waals surface area (Å²) in [5.74, 6) is 0. The van der Waals surface area contributed by atoms with Gasteiger partial charge in [-0.2, -0.15) is 0 Å². The van der Waals surface area contributed by atoms with Gasteiger partial charge in [-0.25, -0.2) is 0 Å². The highest BCUT2D eigenvalue weighted by atomic mass is 14.7. The highest BCUT2D eigenvalue weighted by molar-refractivity contribution is 5.25. The number of aryl methyl sites for hydroxylation is 2. The molecule has 0 fully saturated rings. The van der Waals surface area contributed by atoms with E-state index in [0.29, 0.717) is 6.17 Å². The Hall–Kier alpha value is -0.850. The number of hydrogen-bond acceptors (Lipinski definition) is 1. The van der Waals surface area contributed by atoms with E-state index in [9.17, 15) is 0 Å². The van der Waals surface area contributed by atoms with Gasteiger partial charge in [0.25, 0.3) is 0 Å². The third kappa shape index (κ3) is 1.10. The zero-order valence-electron chi connectivity index (χ0n) is 7.02. The average molecular weight is 122 g/mol. The van der Waals surface area contributed by atoms with Gasteiger partial charge in [0.15, 0.2) is 0 Å². The summed E-state index contributed by atoms with van der Waals surface area (Å²) in [4.78, 5) is 4.00. The fourth-order valence-corrected chi connectivity index (χ4v) is 0.703. The van der Waals surface area contributed by atoms with Gasteiger partial charge in [-0.05, 0) is 38.0 Å². The van der Waals surface area contributed by atoms with Crippen LogP contribution in [0.25, 0.3) is 0 Å². The van der Waals surface area contributed by atoms with Crippen LogP contribution in [0.4, 0.5) is 0 Å². The molecular weight excluding hydrogens is 110 g/mol. The number of hydrogen-bond donors (Lipinski definition) is 0. The summed E-state index contributed by atoms with van der Waals surface area (Å²) >= 11 is 0. The summed E-state index contributed by atoms with van der Waals surface area (Å²) in [5.41, 5.74) is 3.30. The maximum Gasteiger partial charge on any atom is 0.0840 e. The smallest absolute Gasteiger partial charge is 0.0840 e. The minimum atomic E-state index is 0.362. The molecule has 0 saturated carbocycles. The van der Waals surface area contributed by atoms with Crippen molar-refractivity contribution in [3.05, 3.63) is 29.1 Å². The molecule has 0 unspecified atom stereocenters. The predicted octanol–water partition coefficient (Wildman–Crippen LogP) is 2.01. The first-order valence-electron chi connectivity index (χ1n) is 3.52. The van der Waals surface area contributed by atoms with Crippen LogP contribution in [0.2, 0.25) is 0 Å².